The molecular weight excluding hydrogens is 292 g/mol. The number of carbonyl (C=O) groups is 1. The molecular formula is C17H20N4O2. The van der Waals surface area contributed by atoms with Gasteiger partial charge >= 0.3 is 0 Å². The van der Waals surface area contributed by atoms with Gasteiger partial charge in [-0.05, 0) is 18.9 Å². The lowest BCUT2D eigenvalue weighted by Gasteiger charge is -2.06. The summed E-state index contributed by atoms with van der Waals surface area (Å²) in [6.45, 7) is 0.525. The van der Waals surface area contributed by atoms with Gasteiger partial charge in [0.15, 0.2) is 0 Å². The van der Waals surface area contributed by atoms with Crippen molar-refractivity contribution in [3.63, 3.8) is 0 Å². The summed E-state index contributed by atoms with van der Waals surface area (Å²) in [5, 5.41) is 16.8. The van der Waals surface area contributed by atoms with Crippen LogP contribution in [-0.4, -0.2) is 30.9 Å². The molecule has 0 unspecified atom stereocenters. The molecule has 1 heterocycles. The standard InChI is InChI=1S/C17H20N4O2/c1-19-14(9-10-18)8-5-11-20-17(22)16-12-15(21-23-16)13-6-3-2-4-7-13/h2-4,6-7,9-10,12,18-19H,5,8,11H2,1H3,(H,20,22)/b14-9-,18-10?. The molecule has 1 amide bonds. The molecule has 120 valence electrons. The molecule has 0 saturated carbocycles. The van der Waals surface area contributed by atoms with Crippen molar-refractivity contribution in [1.29, 1.82) is 5.41 Å². The lowest BCUT2D eigenvalue weighted by Crippen LogP contribution is -2.24. The summed E-state index contributed by atoms with van der Waals surface area (Å²) in [4.78, 5) is 12.0. The first-order chi connectivity index (χ1) is 11.2. The molecule has 2 aromatic rings. The summed E-state index contributed by atoms with van der Waals surface area (Å²) in [5.41, 5.74) is 2.51. The molecule has 0 aliphatic heterocycles. The van der Waals surface area contributed by atoms with E-state index in [9.17, 15) is 4.79 Å². The summed E-state index contributed by atoms with van der Waals surface area (Å²) < 4.78 is 5.10. The topological polar surface area (TPSA) is 91.0 Å². The molecule has 2 rings (SSSR count). The fourth-order valence-corrected chi connectivity index (χ4v) is 2.09. The Kier molecular flexibility index (Phi) is 6.11. The molecule has 0 aliphatic carbocycles. The SMILES string of the molecule is CN/C(=C\C=N)CCCNC(=O)c1cc(-c2ccccc2)no1. The van der Waals surface area contributed by atoms with Gasteiger partial charge in [-0.25, -0.2) is 0 Å². The Hall–Kier alpha value is -2.89. The van der Waals surface area contributed by atoms with Crippen LogP contribution in [0.3, 0.4) is 0 Å². The Morgan fingerprint density at radius 2 is 2.13 bits per heavy atom. The maximum Gasteiger partial charge on any atom is 0.289 e. The highest BCUT2D eigenvalue weighted by atomic mass is 16.5. The number of nitrogens with zero attached hydrogens (tertiary/aromatic N) is 1. The van der Waals surface area contributed by atoms with E-state index in [1.54, 1.807) is 12.1 Å². The Morgan fingerprint density at radius 3 is 2.83 bits per heavy atom. The molecule has 1 aromatic heterocycles. The molecule has 0 atom stereocenters. The minimum absolute atomic E-state index is 0.202. The zero-order valence-electron chi connectivity index (χ0n) is 13.0. The first-order valence-corrected chi connectivity index (χ1v) is 7.42. The lowest BCUT2D eigenvalue weighted by atomic mass is 10.1. The number of carbonyl (C=O) groups excluding carboxylic acids is 1. The molecule has 3 N–H and O–H groups in total. The highest BCUT2D eigenvalue weighted by Crippen LogP contribution is 2.18. The van der Waals surface area contributed by atoms with E-state index in [0.29, 0.717) is 12.2 Å². The molecule has 6 nitrogen and oxygen atoms in total. The van der Waals surface area contributed by atoms with Gasteiger partial charge in [0.1, 0.15) is 5.69 Å². The molecule has 0 radical (unpaired) electrons. The second-order valence-electron chi connectivity index (χ2n) is 4.91. The van der Waals surface area contributed by atoms with Crippen LogP contribution in [0.1, 0.15) is 23.4 Å². The summed E-state index contributed by atoms with van der Waals surface area (Å²) in [7, 11) is 1.81. The van der Waals surface area contributed by atoms with Gasteiger partial charge in [0.25, 0.3) is 5.91 Å². The molecule has 0 bridgehead atoms. The fourth-order valence-electron chi connectivity index (χ4n) is 2.09. The predicted octanol–water partition coefficient (Wildman–Crippen LogP) is 2.60. The largest absolute Gasteiger partial charge is 0.391 e. The summed E-state index contributed by atoms with van der Waals surface area (Å²) in [5.74, 6) is -0.0746. The van der Waals surface area contributed by atoms with Crippen LogP contribution in [0.25, 0.3) is 11.3 Å². The molecule has 0 aliphatic rings. The van der Waals surface area contributed by atoms with Crippen molar-refractivity contribution in [2.45, 2.75) is 12.8 Å². The molecule has 0 saturated heterocycles. The number of aromatic nitrogens is 1. The minimum atomic E-state index is -0.276. The zero-order valence-corrected chi connectivity index (χ0v) is 13.0. The van der Waals surface area contributed by atoms with E-state index < -0.39 is 0 Å². The number of rotatable bonds is 8. The van der Waals surface area contributed by atoms with E-state index >= 15 is 0 Å². The van der Waals surface area contributed by atoms with Crippen molar-refractivity contribution < 1.29 is 9.32 Å². The quantitative estimate of drug-likeness (QED) is 0.516. The number of allylic oxidation sites excluding steroid dienone is 2. The Labute approximate surface area is 135 Å². The van der Waals surface area contributed by atoms with Gasteiger partial charge in [-0.15, -0.1) is 0 Å². The highest BCUT2D eigenvalue weighted by Gasteiger charge is 2.13. The lowest BCUT2D eigenvalue weighted by molar-refractivity contribution is 0.0916. The van der Waals surface area contributed by atoms with E-state index in [1.807, 2.05) is 37.4 Å². The second kappa shape index (κ2) is 8.53. The maximum atomic E-state index is 12.0. The monoisotopic (exact) mass is 312 g/mol. The first kappa shape index (κ1) is 16.5. The number of nitrogens with one attached hydrogen (secondary N) is 3. The van der Waals surface area contributed by atoms with Crippen LogP contribution in [0, 0.1) is 5.41 Å². The van der Waals surface area contributed by atoms with Crippen molar-refractivity contribution in [3.05, 3.63) is 53.9 Å². The molecule has 0 fully saturated rings. The van der Waals surface area contributed by atoms with E-state index in [4.69, 9.17) is 9.93 Å². The molecule has 6 heteroatoms. The van der Waals surface area contributed by atoms with Gasteiger partial charge in [0.05, 0.1) is 0 Å². The number of hydrogen-bond donors (Lipinski definition) is 3. The van der Waals surface area contributed by atoms with Crippen molar-refractivity contribution in [3.8, 4) is 11.3 Å². The zero-order chi connectivity index (χ0) is 16.5. The van der Waals surface area contributed by atoms with Crippen molar-refractivity contribution >= 4 is 12.1 Å². The van der Waals surface area contributed by atoms with Gasteiger partial charge in [0, 0.05) is 37.1 Å². The number of amides is 1. The summed E-state index contributed by atoms with van der Waals surface area (Å²) in [6.07, 6.45) is 4.47. The second-order valence-corrected chi connectivity index (χ2v) is 4.91. The number of hydrogen-bond acceptors (Lipinski definition) is 5. The van der Waals surface area contributed by atoms with Crippen LogP contribution in [-0.2, 0) is 0 Å². The number of benzene rings is 1. The van der Waals surface area contributed by atoms with E-state index in [-0.39, 0.29) is 11.7 Å². The first-order valence-electron chi connectivity index (χ1n) is 7.42. The predicted molar refractivity (Wildman–Crippen MR) is 89.4 cm³/mol. The van der Waals surface area contributed by atoms with Crippen LogP contribution in [0.2, 0.25) is 0 Å². The normalized spacial score (nSPS) is 11.1. The molecule has 0 spiro atoms. The smallest absolute Gasteiger partial charge is 0.289 e. The minimum Gasteiger partial charge on any atom is -0.391 e. The van der Waals surface area contributed by atoms with E-state index in [1.165, 1.54) is 6.21 Å². The summed E-state index contributed by atoms with van der Waals surface area (Å²) >= 11 is 0. The van der Waals surface area contributed by atoms with Crippen LogP contribution in [0.4, 0.5) is 0 Å². The summed E-state index contributed by atoms with van der Waals surface area (Å²) in [6, 6.07) is 11.2. The van der Waals surface area contributed by atoms with E-state index in [0.717, 1.165) is 24.1 Å². The third kappa shape index (κ3) is 4.81. The van der Waals surface area contributed by atoms with Crippen LogP contribution < -0.4 is 10.6 Å². The molecule has 23 heavy (non-hydrogen) atoms. The average Bonchev–Trinajstić information content (AvgIpc) is 3.08. The highest BCUT2D eigenvalue weighted by molar-refractivity contribution is 5.92. The maximum absolute atomic E-state index is 12.0. The third-order valence-electron chi connectivity index (χ3n) is 3.32. The third-order valence-corrected chi connectivity index (χ3v) is 3.32. The Bertz CT molecular complexity index is 677. The van der Waals surface area contributed by atoms with Crippen LogP contribution in [0.15, 0.2) is 52.7 Å². The van der Waals surface area contributed by atoms with Crippen molar-refractivity contribution in [2.24, 2.45) is 0 Å². The Balaban J connectivity index is 1.84. The van der Waals surface area contributed by atoms with Crippen LogP contribution >= 0.6 is 0 Å². The Morgan fingerprint density at radius 1 is 1.35 bits per heavy atom. The van der Waals surface area contributed by atoms with Gasteiger partial charge in [0.2, 0.25) is 5.76 Å². The van der Waals surface area contributed by atoms with Gasteiger partial charge < -0.3 is 20.6 Å². The van der Waals surface area contributed by atoms with E-state index in [2.05, 4.69) is 15.8 Å². The van der Waals surface area contributed by atoms with Gasteiger partial charge in [-0.3, -0.25) is 4.79 Å². The molecule has 1 aromatic carbocycles. The van der Waals surface area contributed by atoms with Crippen molar-refractivity contribution in [2.75, 3.05) is 13.6 Å². The average molecular weight is 312 g/mol. The fraction of sp³-hybridized carbons (Fsp3) is 0.235. The van der Waals surface area contributed by atoms with Crippen molar-refractivity contribution in [1.82, 2.24) is 15.8 Å². The van der Waals surface area contributed by atoms with Crippen LogP contribution in [0.5, 0.6) is 0 Å². The van der Waals surface area contributed by atoms with Gasteiger partial charge in [-0.2, -0.15) is 0 Å². The van der Waals surface area contributed by atoms with Gasteiger partial charge in [-0.1, -0.05) is 35.5 Å².